The number of likely N-dealkylation sites (tertiary alicyclic amines) is 1. The third-order valence-electron chi connectivity index (χ3n) is 8.15. The maximum atomic E-state index is 11.9. The third kappa shape index (κ3) is 4.95. The summed E-state index contributed by atoms with van der Waals surface area (Å²) in [6.07, 6.45) is 1.93. The summed E-state index contributed by atoms with van der Waals surface area (Å²) in [4.78, 5) is 30.6. The number of aromatic nitrogens is 2. The Morgan fingerprint density at radius 3 is 2.63 bits per heavy atom. The van der Waals surface area contributed by atoms with Crippen molar-refractivity contribution >= 4 is 28.2 Å². The Labute approximate surface area is 223 Å². The van der Waals surface area contributed by atoms with Crippen molar-refractivity contribution in [2.75, 3.05) is 69.3 Å². The van der Waals surface area contributed by atoms with E-state index in [4.69, 9.17) is 14.7 Å². The van der Waals surface area contributed by atoms with Gasteiger partial charge in [0.15, 0.2) is 0 Å². The summed E-state index contributed by atoms with van der Waals surface area (Å²) in [7, 11) is 2.15. The van der Waals surface area contributed by atoms with Gasteiger partial charge in [-0.3, -0.25) is 4.79 Å². The lowest BCUT2D eigenvalue weighted by molar-refractivity contribution is -0.129. The molecule has 1 amide bonds. The van der Waals surface area contributed by atoms with E-state index >= 15 is 0 Å². The zero-order chi connectivity index (χ0) is 26.2. The van der Waals surface area contributed by atoms with Crippen LogP contribution in [0.15, 0.2) is 36.4 Å². The molecule has 3 aromatic rings. The maximum Gasteiger partial charge on any atom is 0.318 e. The molecule has 200 valence electrons. The second-order valence-corrected chi connectivity index (χ2v) is 10.8. The molecule has 1 aromatic heterocycles. The van der Waals surface area contributed by atoms with Gasteiger partial charge in [0.2, 0.25) is 5.91 Å². The van der Waals surface area contributed by atoms with Gasteiger partial charge in [0.25, 0.3) is 0 Å². The van der Waals surface area contributed by atoms with Crippen molar-refractivity contribution in [2.45, 2.75) is 26.3 Å². The number of fused-ring (bicyclic) bond motifs is 2. The molecule has 0 bridgehead atoms. The second kappa shape index (κ2) is 10.3. The minimum Gasteiger partial charge on any atom is -0.508 e. The summed E-state index contributed by atoms with van der Waals surface area (Å²) < 4.78 is 6.23. The number of hydrogen-bond acceptors (Lipinski definition) is 8. The zero-order valence-electron chi connectivity index (χ0n) is 22.3. The maximum absolute atomic E-state index is 11.9. The van der Waals surface area contributed by atoms with Gasteiger partial charge >= 0.3 is 6.01 Å². The van der Waals surface area contributed by atoms with Crippen LogP contribution in [0.25, 0.3) is 10.8 Å². The molecule has 9 heteroatoms. The van der Waals surface area contributed by atoms with Gasteiger partial charge in [0, 0.05) is 74.8 Å². The van der Waals surface area contributed by atoms with Crippen LogP contribution in [0.2, 0.25) is 0 Å². The quantitative estimate of drug-likeness (QED) is 0.554. The molecule has 0 radical (unpaired) electrons. The molecule has 3 aliphatic rings. The van der Waals surface area contributed by atoms with Gasteiger partial charge in [-0.25, -0.2) is 0 Å². The van der Waals surface area contributed by atoms with E-state index in [9.17, 15) is 9.90 Å². The third-order valence-corrected chi connectivity index (χ3v) is 8.15. The smallest absolute Gasteiger partial charge is 0.318 e. The molecule has 0 aliphatic carbocycles. The minimum absolute atomic E-state index is 0.119. The van der Waals surface area contributed by atoms with Crippen LogP contribution in [-0.2, 0) is 17.8 Å². The van der Waals surface area contributed by atoms with E-state index in [1.54, 1.807) is 6.92 Å². The number of phenolic OH excluding ortho intramolecular Hbond substituents is 1. The predicted molar refractivity (Wildman–Crippen MR) is 148 cm³/mol. The van der Waals surface area contributed by atoms with E-state index in [0.29, 0.717) is 38.2 Å². The number of piperazine rings is 1. The molecule has 9 nitrogen and oxygen atoms in total. The SMILES string of the molecule is CC(=O)N1CCN(c2nc(OCC3CCN(C)C3)nc3c2CCN(c2cc(O)cc4ccccc24)C3)CC1. The standard InChI is InChI=1S/C29H36N6O3/c1-20(36)33-11-13-34(14-12-33)28-25-8-10-35(27-16-23(37)15-22-5-3-4-6-24(22)27)18-26(25)30-29(31-28)38-19-21-7-9-32(2)17-21/h3-6,15-16,21,37H,7-14,17-19H2,1-2H3. The summed E-state index contributed by atoms with van der Waals surface area (Å²) in [6.45, 7) is 8.68. The van der Waals surface area contributed by atoms with Gasteiger partial charge in [-0.2, -0.15) is 9.97 Å². The number of hydrogen-bond donors (Lipinski definition) is 1. The summed E-state index contributed by atoms with van der Waals surface area (Å²) in [5.41, 5.74) is 3.15. The summed E-state index contributed by atoms with van der Waals surface area (Å²) in [5, 5.41) is 12.6. The van der Waals surface area contributed by atoms with Crippen LogP contribution >= 0.6 is 0 Å². The molecule has 1 N–H and O–H groups in total. The van der Waals surface area contributed by atoms with Gasteiger partial charge in [-0.05, 0) is 37.9 Å². The van der Waals surface area contributed by atoms with E-state index < -0.39 is 0 Å². The normalized spacial score (nSPS) is 20.2. The van der Waals surface area contributed by atoms with Crippen molar-refractivity contribution in [3.63, 3.8) is 0 Å². The highest BCUT2D eigenvalue weighted by molar-refractivity contribution is 5.95. The Kier molecular flexibility index (Phi) is 6.69. The van der Waals surface area contributed by atoms with Gasteiger partial charge in [-0.15, -0.1) is 0 Å². The molecule has 6 rings (SSSR count). The van der Waals surface area contributed by atoms with Crippen LogP contribution in [0.1, 0.15) is 24.6 Å². The highest BCUT2D eigenvalue weighted by Gasteiger charge is 2.29. The van der Waals surface area contributed by atoms with Gasteiger partial charge < -0.3 is 29.4 Å². The van der Waals surface area contributed by atoms with Crippen molar-refractivity contribution in [1.29, 1.82) is 0 Å². The first-order valence-corrected chi connectivity index (χ1v) is 13.6. The second-order valence-electron chi connectivity index (χ2n) is 10.8. The average Bonchev–Trinajstić information content (AvgIpc) is 3.35. The van der Waals surface area contributed by atoms with Crippen molar-refractivity contribution < 1.29 is 14.6 Å². The van der Waals surface area contributed by atoms with Gasteiger partial charge in [0.05, 0.1) is 18.8 Å². The fraction of sp³-hybridized carbons (Fsp3) is 0.483. The lowest BCUT2D eigenvalue weighted by Crippen LogP contribution is -2.49. The topological polar surface area (TPSA) is 85.3 Å². The molecule has 38 heavy (non-hydrogen) atoms. The van der Waals surface area contributed by atoms with Crippen molar-refractivity contribution in [2.24, 2.45) is 5.92 Å². The van der Waals surface area contributed by atoms with E-state index in [1.165, 1.54) is 0 Å². The molecule has 0 spiro atoms. The highest BCUT2D eigenvalue weighted by atomic mass is 16.5. The average molecular weight is 517 g/mol. The molecule has 2 saturated heterocycles. The summed E-state index contributed by atoms with van der Waals surface area (Å²) in [5.74, 6) is 1.81. The number of rotatable bonds is 5. The zero-order valence-corrected chi connectivity index (χ0v) is 22.3. The van der Waals surface area contributed by atoms with Gasteiger partial charge in [0.1, 0.15) is 11.6 Å². The molecule has 2 fully saturated rings. The van der Waals surface area contributed by atoms with Crippen LogP contribution in [0.4, 0.5) is 11.5 Å². The number of aromatic hydroxyl groups is 1. The number of ether oxygens (including phenoxy) is 1. The Balaban J connectivity index is 1.31. The highest BCUT2D eigenvalue weighted by Crippen LogP contribution is 2.36. The molecule has 3 aliphatic heterocycles. The first-order valence-electron chi connectivity index (χ1n) is 13.6. The van der Waals surface area contributed by atoms with Crippen LogP contribution in [0.3, 0.4) is 0 Å². The monoisotopic (exact) mass is 516 g/mol. The molecular formula is C29H36N6O3. The predicted octanol–water partition coefficient (Wildman–Crippen LogP) is 2.90. The van der Waals surface area contributed by atoms with Gasteiger partial charge in [-0.1, -0.05) is 24.3 Å². The first kappa shape index (κ1) is 24.7. The number of phenols is 1. The van der Waals surface area contributed by atoms with Crippen LogP contribution < -0.4 is 14.5 Å². The number of carbonyl (C=O) groups is 1. The Morgan fingerprint density at radius 1 is 1.05 bits per heavy atom. The molecule has 2 aromatic carbocycles. The largest absolute Gasteiger partial charge is 0.508 e. The summed E-state index contributed by atoms with van der Waals surface area (Å²) in [6, 6.07) is 12.3. The van der Waals surface area contributed by atoms with Crippen LogP contribution in [-0.4, -0.2) is 90.2 Å². The lowest BCUT2D eigenvalue weighted by Gasteiger charge is -2.38. The Bertz CT molecular complexity index is 1340. The Morgan fingerprint density at radius 2 is 1.87 bits per heavy atom. The minimum atomic E-state index is 0.119. The van der Waals surface area contributed by atoms with Crippen LogP contribution in [0.5, 0.6) is 11.8 Å². The summed E-state index contributed by atoms with van der Waals surface area (Å²) >= 11 is 0. The lowest BCUT2D eigenvalue weighted by atomic mass is 10.0. The van der Waals surface area contributed by atoms with E-state index in [-0.39, 0.29) is 11.7 Å². The van der Waals surface area contributed by atoms with E-state index in [0.717, 1.165) is 79.1 Å². The van der Waals surface area contributed by atoms with Crippen molar-refractivity contribution in [3.8, 4) is 11.8 Å². The number of anilines is 2. The Hall–Kier alpha value is -3.59. The van der Waals surface area contributed by atoms with E-state index in [2.05, 4.69) is 27.8 Å². The first-order chi connectivity index (χ1) is 18.4. The van der Waals surface area contributed by atoms with Crippen molar-refractivity contribution in [3.05, 3.63) is 47.7 Å². The molecule has 4 heterocycles. The van der Waals surface area contributed by atoms with Crippen molar-refractivity contribution in [1.82, 2.24) is 19.8 Å². The molecule has 1 atom stereocenters. The number of amides is 1. The fourth-order valence-electron chi connectivity index (χ4n) is 6.04. The molecular weight excluding hydrogens is 480 g/mol. The number of carbonyl (C=O) groups excluding carboxylic acids is 1. The molecule has 1 unspecified atom stereocenters. The van der Waals surface area contributed by atoms with Crippen LogP contribution in [0, 0.1) is 5.92 Å². The van der Waals surface area contributed by atoms with E-state index in [1.807, 2.05) is 35.2 Å². The number of nitrogens with zero attached hydrogens (tertiary/aromatic N) is 6. The number of benzene rings is 2. The molecule has 0 saturated carbocycles. The fourth-order valence-corrected chi connectivity index (χ4v) is 6.04.